The summed E-state index contributed by atoms with van der Waals surface area (Å²) in [6.45, 7) is 5.10. The molecule has 7 rings (SSSR count). The van der Waals surface area contributed by atoms with Crippen molar-refractivity contribution in [3.63, 3.8) is 0 Å². The molecule has 3 aromatic rings. The fourth-order valence-electron chi connectivity index (χ4n) is 11.5. The average molecular weight is 591 g/mol. The van der Waals surface area contributed by atoms with Gasteiger partial charge in [-0.15, -0.1) is 0 Å². The van der Waals surface area contributed by atoms with E-state index < -0.39 is 16.6 Å². The zero-order chi connectivity index (χ0) is 28.5. The highest BCUT2D eigenvalue weighted by Gasteiger charge is 2.57. The zero-order valence-corrected chi connectivity index (χ0v) is 28.6. The second kappa shape index (κ2) is 13.0. The number of benzene rings is 3. The minimum atomic E-state index is -1.27. The molecule has 0 amide bonds. The molecular formula is C40H54Si2. The van der Waals surface area contributed by atoms with Crippen molar-refractivity contribution in [1.82, 2.24) is 0 Å². The summed E-state index contributed by atoms with van der Waals surface area (Å²) >= 11 is 0. The van der Waals surface area contributed by atoms with Gasteiger partial charge in [-0.3, -0.25) is 0 Å². The molecule has 222 valence electrons. The largest absolute Gasteiger partial charge is 0.0705 e. The molecule has 0 aromatic heterocycles. The zero-order valence-electron chi connectivity index (χ0n) is 26.3. The van der Waals surface area contributed by atoms with Crippen LogP contribution in [0, 0.1) is 35.5 Å². The maximum Gasteiger partial charge on any atom is 0.0705 e. The van der Waals surface area contributed by atoms with Crippen molar-refractivity contribution in [3.8, 4) is 0 Å². The third-order valence-electron chi connectivity index (χ3n) is 13.0. The van der Waals surface area contributed by atoms with Crippen LogP contribution in [0.4, 0.5) is 0 Å². The molecule has 0 aliphatic heterocycles. The second-order valence-electron chi connectivity index (χ2n) is 15.1. The van der Waals surface area contributed by atoms with Gasteiger partial charge in [0.25, 0.3) is 0 Å². The van der Waals surface area contributed by atoms with E-state index in [1.165, 1.54) is 64.2 Å². The molecule has 4 fully saturated rings. The number of rotatable bonds is 9. The number of fused-ring (bicyclic) bond motifs is 2. The fraction of sp³-hybridized carbons (Fsp3) is 0.550. The van der Waals surface area contributed by atoms with Crippen LogP contribution >= 0.6 is 0 Å². The van der Waals surface area contributed by atoms with Gasteiger partial charge in [-0.2, -0.15) is 0 Å². The SMILES string of the molecule is CCCCC1CCC([SiH](c2ccccc2)[SiH](c2ccccc2)C2C(C)CC3C2CC2CCCC2C3c2ccccc2)C1. The molecular weight excluding hydrogens is 537 g/mol. The molecule has 4 saturated carbocycles. The minimum absolute atomic E-state index is 0.803. The Bertz CT molecular complexity index is 1260. The third kappa shape index (κ3) is 5.56. The lowest BCUT2D eigenvalue weighted by Gasteiger charge is -2.47. The smallest absolute Gasteiger partial charge is 0.0654 e. The highest BCUT2D eigenvalue weighted by Crippen LogP contribution is 2.64. The molecule has 0 spiro atoms. The minimum Gasteiger partial charge on any atom is -0.0654 e. The van der Waals surface area contributed by atoms with Crippen LogP contribution in [0.3, 0.4) is 0 Å². The van der Waals surface area contributed by atoms with Crippen molar-refractivity contribution in [1.29, 1.82) is 0 Å². The first-order valence-electron chi connectivity index (χ1n) is 17.9. The normalized spacial score (nSPS) is 35.4. The predicted molar refractivity (Wildman–Crippen MR) is 186 cm³/mol. The number of hydrogen-bond donors (Lipinski definition) is 0. The summed E-state index contributed by atoms with van der Waals surface area (Å²) in [5.41, 5.74) is 3.66. The van der Waals surface area contributed by atoms with Gasteiger partial charge in [-0.1, -0.05) is 167 Å². The van der Waals surface area contributed by atoms with E-state index in [9.17, 15) is 0 Å². The molecule has 0 heterocycles. The summed E-state index contributed by atoms with van der Waals surface area (Å²) in [4.78, 5) is 0. The van der Waals surface area contributed by atoms with Gasteiger partial charge < -0.3 is 0 Å². The second-order valence-corrected chi connectivity index (χ2v) is 24.6. The Balaban J connectivity index is 1.30. The van der Waals surface area contributed by atoms with Crippen LogP contribution in [0.15, 0.2) is 91.0 Å². The van der Waals surface area contributed by atoms with Crippen molar-refractivity contribution in [2.75, 3.05) is 0 Å². The molecule has 4 aliphatic rings. The molecule has 2 heteroatoms. The lowest BCUT2D eigenvalue weighted by molar-refractivity contribution is 0.122. The van der Waals surface area contributed by atoms with Gasteiger partial charge in [-0.25, -0.2) is 0 Å². The van der Waals surface area contributed by atoms with E-state index in [1.54, 1.807) is 12.0 Å². The van der Waals surface area contributed by atoms with E-state index in [-0.39, 0.29) is 0 Å². The third-order valence-corrected chi connectivity index (χ3v) is 27.3. The van der Waals surface area contributed by atoms with Crippen molar-refractivity contribution < 1.29 is 0 Å². The molecule has 0 radical (unpaired) electrons. The van der Waals surface area contributed by atoms with Gasteiger partial charge in [0.1, 0.15) is 0 Å². The predicted octanol–water partition coefficient (Wildman–Crippen LogP) is 8.94. The van der Waals surface area contributed by atoms with E-state index >= 15 is 0 Å². The lowest BCUT2D eigenvalue weighted by Crippen LogP contribution is -2.59. The Hall–Kier alpha value is -1.91. The summed E-state index contributed by atoms with van der Waals surface area (Å²) in [5, 5.41) is 3.65. The summed E-state index contributed by atoms with van der Waals surface area (Å²) < 4.78 is 0. The van der Waals surface area contributed by atoms with Crippen LogP contribution in [0.2, 0.25) is 11.1 Å². The van der Waals surface area contributed by atoms with Crippen LogP contribution in [0.25, 0.3) is 0 Å². The van der Waals surface area contributed by atoms with E-state index in [1.807, 2.05) is 10.4 Å². The maximum absolute atomic E-state index is 2.72. The van der Waals surface area contributed by atoms with Gasteiger partial charge >= 0.3 is 0 Å². The Morgan fingerprint density at radius 3 is 2.00 bits per heavy atom. The van der Waals surface area contributed by atoms with Gasteiger partial charge in [-0.05, 0) is 77.3 Å². The fourth-order valence-corrected chi connectivity index (χ4v) is 28.8. The van der Waals surface area contributed by atoms with Crippen molar-refractivity contribution >= 4 is 27.0 Å². The maximum atomic E-state index is 2.72. The summed E-state index contributed by atoms with van der Waals surface area (Å²) in [7, 11) is -2.47. The molecule has 11 atom stereocenters. The number of unbranched alkanes of at least 4 members (excludes halogenated alkanes) is 1. The molecule has 42 heavy (non-hydrogen) atoms. The highest BCUT2D eigenvalue weighted by molar-refractivity contribution is 7.34. The lowest BCUT2D eigenvalue weighted by atomic mass is 9.62. The van der Waals surface area contributed by atoms with Gasteiger partial charge in [0.15, 0.2) is 0 Å². The molecule has 3 aromatic carbocycles. The first-order chi connectivity index (χ1) is 20.7. The molecule has 11 unspecified atom stereocenters. The first-order valence-corrected chi connectivity index (χ1v) is 23.0. The van der Waals surface area contributed by atoms with Crippen molar-refractivity contribution in [2.24, 2.45) is 35.5 Å². The van der Waals surface area contributed by atoms with Gasteiger partial charge in [0, 0.05) is 0 Å². The van der Waals surface area contributed by atoms with E-state index in [4.69, 9.17) is 0 Å². The summed E-state index contributed by atoms with van der Waals surface area (Å²) in [6, 6.07) is 36.4. The Morgan fingerprint density at radius 1 is 0.643 bits per heavy atom. The van der Waals surface area contributed by atoms with Crippen molar-refractivity contribution in [3.05, 3.63) is 96.6 Å². The Morgan fingerprint density at radius 2 is 1.31 bits per heavy atom. The van der Waals surface area contributed by atoms with Gasteiger partial charge in [0.05, 0.1) is 16.6 Å². The summed E-state index contributed by atoms with van der Waals surface area (Å²) in [6.07, 6.45) is 16.3. The van der Waals surface area contributed by atoms with Crippen LogP contribution in [-0.4, -0.2) is 16.6 Å². The quantitative estimate of drug-likeness (QED) is 0.218. The van der Waals surface area contributed by atoms with Gasteiger partial charge in [0.2, 0.25) is 0 Å². The summed E-state index contributed by atoms with van der Waals surface area (Å²) in [5.74, 6) is 6.41. The Labute approximate surface area is 259 Å². The van der Waals surface area contributed by atoms with Crippen LogP contribution < -0.4 is 10.4 Å². The van der Waals surface area contributed by atoms with E-state index in [0.29, 0.717) is 0 Å². The van der Waals surface area contributed by atoms with E-state index in [2.05, 4.69) is 105 Å². The number of hydrogen-bond acceptors (Lipinski definition) is 0. The molecule has 4 aliphatic carbocycles. The Kier molecular flexibility index (Phi) is 8.92. The van der Waals surface area contributed by atoms with Crippen LogP contribution in [-0.2, 0) is 0 Å². The van der Waals surface area contributed by atoms with Crippen LogP contribution in [0.1, 0.15) is 96.0 Å². The monoisotopic (exact) mass is 590 g/mol. The molecule has 0 bridgehead atoms. The standard InChI is InChI=1S/C40H54Si2/c1-3-4-15-30-24-25-35(27-30)41(33-19-10-6-11-20-33)42(34-21-12-7-13-22-34)40-29(2)26-37-38(40)28-32-18-14-23-36(32)39(37)31-16-8-5-9-17-31/h5-13,16-17,19-22,29-30,32,35-42H,3-4,14-15,18,23-28H2,1-2H3. The van der Waals surface area contributed by atoms with E-state index in [0.717, 1.165) is 52.5 Å². The molecule has 0 nitrogen and oxygen atoms in total. The molecule has 0 N–H and O–H groups in total. The first kappa shape index (κ1) is 28.8. The average Bonchev–Trinajstić information content (AvgIpc) is 3.77. The molecule has 0 saturated heterocycles. The van der Waals surface area contributed by atoms with Crippen LogP contribution in [0.5, 0.6) is 0 Å². The highest BCUT2D eigenvalue weighted by atomic mass is 29.2. The topological polar surface area (TPSA) is 0 Å². The van der Waals surface area contributed by atoms with Crippen molar-refractivity contribution in [2.45, 2.75) is 101 Å².